The minimum atomic E-state index is -0.581. The molecule has 9 heteroatoms. The molecule has 208 valence electrons. The van der Waals surface area contributed by atoms with Crippen molar-refractivity contribution >= 4 is 29.2 Å². The molecule has 3 aromatic rings. The lowest BCUT2D eigenvalue weighted by molar-refractivity contribution is -0.123. The molecular weight excluding hydrogens is 519 g/mol. The van der Waals surface area contributed by atoms with Gasteiger partial charge in [-0.2, -0.15) is 0 Å². The Morgan fingerprint density at radius 3 is 2.41 bits per heavy atom. The molecule has 1 saturated carbocycles. The Morgan fingerprint density at radius 2 is 1.63 bits per heavy atom. The highest BCUT2D eigenvalue weighted by Gasteiger charge is 2.31. The van der Waals surface area contributed by atoms with Crippen molar-refractivity contribution in [2.24, 2.45) is 4.99 Å². The number of benzene rings is 2. The fourth-order valence-electron chi connectivity index (χ4n) is 5.47. The highest BCUT2D eigenvalue weighted by molar-refractivity contribution is 6.00. The molecule has 2 aliphatic heterocycles. The van der Waals surface area contributed by atoms with Crippen molar-refractivity contribution in [1.82, 2.24) is 20.5 Å². The third-order valence-electron chi connectivity index (χ3n) is 7.62. The summed E-state index contributed by atoms with van der Waals surface area (Å²) in [5.41, 5.74) is 2.96. The van der Waals surface area contributed by atoms with Gasteiger partial charge in [-0.1, -0.05) is 48.5 Å². The second-order valence-corrected chi connectivity index (χ2v) is 10.5. The molecule has 1 aromatic heterocycles. The Kier molecular flexibility index (Phi) is 7.58. The number of aromatic nitrogens is 1. The molecule has 6 rings (SSSR count). The number of halogens is 1. The van der Waals surface area contributed by atoms with Gasteiger partial charge in [-0.3, -0.25) is 14.6 Å². The highest BCUT2D eigenvalue weighted by atomic mass is 19.1. The number of nitrogens with one attached hydrogen (secondary N) is 3. The van der Waals surface area contributed by atoms with Crippen molar-refractivity contribution in [1.29, 1.82) is 0 Å². The quantitative estimate of drug-likeness (QED) is 0.387. The number of aliphatic imine (C=N–C) groups is 1. The average Bonchev–Trinajstić information content (AvgIpc) is 3.44. The standard InChI is InChI=1S/C32H31FN6O2/c33-23-18-27(30(34-19-23)35-26-10-6-9-22(17-26)21-7-2-1-3-8-21)31(40)36-24-12-14-25(15-13-24)37-32(41)28-20-39-16-5-4-11-29(39)38-28/h1-11,16-19,24-25,28H,12-15,20H2,(H,34,35)(H,36,40)(H,37,41). The number of hydrogen-bond donors (Lipinski definition) is 3. The van der Waals surface area contributed by atoms with E-state index in [4.69, 9.17) is 0 Å². The van der Waals surface area contributed by atoms with Gasteiger partial charge in [0.1, 0.15) is 23.5 Å². The van der Waals surface area contributed by atoms with E-state index in [9.17, 15) is 14.0 Å². The van der Waals surface area contributed by atoms with E-state index >= 15 is 0 Å². The average molecular weight is 551 g/mol. The van der Waals surface area contributed by atoms with E-state index in [-0.39, 0.29) is 35.3 Å². The van der Waals surface area contributed by atoms with E-state index in [1.807, 2.05) is 83.9 Å². The van der Waals surface area contributed by atoms with Gasteiger partial charge in [-0.25, -0.2) is 9.37 Å². The first kappa shape index (κ1) is 26.4. The molecule has 41 heavy (non-hydrogen) atoms. The van der Waals surface area contributed by atoms with Crippen LogP contribution in [0.5, 0.6) is 0 Å². The molecule has 3 N–H and O–H groups in total. The predicted molar refractivity (Wildman–Crippen MR) is 157 cm³/mol. The maximum Gasteiger partial charge on any atom is 0.255 e. The fourth-order valence-corrected chi connectivity index (χ4v) is 5.47. The molecule has 0 bridgehead atoms. The summed E-state index contributed by atoms with van der Waals surface area (Å²) in [4.78, 5) is 36.8. The van der Waals surface area contributed by atoms with Crippen LogP contribution in [-0.4, -0.2) is 52.2 Å². The first-order chi connectivity index (χ1) is 20.0. The van der Waals surface area contributed by atoms with Crippen molar-refractivity contribution < 1.29 is 14.0 Å². The van der Waals surface area contributed by atoms with Gasteiger partial charge in [0.15, 0.2) is 0 Å². The minimum Gasteiger partial charge on any atom is -0.351 e. The van der Waals surface area contributed by atoms with Crippen LogP contribution in [0.1, 0.15) is 36.0 Å². The summed E-state index contributed by atoms with van der Waals surface area (Å²) in [6, 6.07) is 18.5. The number of hydrogen-bond acceptors (Lipinski definition) is 6. The summed E-state index contributed by atoms with van der Waals surface area (Å²) in [6.07, 6.45) is 11.7. The van der Waals surface area contributed by atoms with Crippen LogP contribution in [0.15, 0.2) is 96.3 Å². The summed E-state index contributed by atoms with van der Waals surface area (Å²) in [5.74, 6) is 0.0607. The van der Waals surface area contributed by atoms with Crippen LogP contribution >= 0.6 is 0 Å². The zero-order valence-corrected chi connectivity index (χ0v) is 22.5. The SMILES string of the molecule is O=C(NC1CCC(NC(=O)C2CN3C=CC=CC3=N2)CC1)c1cc(F)cnc1Nc1cccc(-c2ccccc2)c1. The molecular formula is C32H31FN6O2. The Bertz CT molecular complexity index is 1530. The summed E-state index contributed by atoms with van der Waals surface area (Å²) in [6.45, 7) is 0.544. The zero-order chi connectivity index (χ0) is 28.2. The summed E-state index contributed by atoms with van der Waals surface area (Å²) in [5, 5.41) is 9.37. The molecule has 1 fully saturated rings. The second-order valence-electron chi connectivity index (χ2n) is 10.5. The Hall–Kier alpha value is -4.79. The van der Waals surface area contributed by atoms with Crippen molar-refractivity contribution in [2.75, 3.05) is 11.9 Å². The van der Waals surface area contributed by atoms with E-state index in [0.29, 0.717) is 19.4 Å². The number of pyridine rings is 1. The normalized spacial score (nSPS) is 21.1. The van der Waals surface area contributed by atoms with Crippen LogP contribution in [0.4, 0.5) is 15.9 Å². The number of anilines is 2. The van der Waals surface area contributed by atoms with Gasteiger partial charge < -0.3 is 20.9 Å². The smallest absolute Gasteiger partial charge is 0.255 e. The monoisotopic (exact) mass is 550 g/mol. The third-order valence-corrected chi connectivity index (χ3v) is 7.62. The summed E-state index contributed by atoms with van der Waals surface area (Å²) in [7, 11) is 0. The molecule has 0 spiro atoms. The molecule has 2 aromatic carbocycles. The zero-order valence-electron chi connectivity index (χ0n) is 22.5. The predicted octanol–water partition coefficient (Wildman–Crippen LogP) is 4.95. The van der Waals surface area contributed by atoms with Gasteiger partial charge in [-0.05, 0) is 67.2 Å². The van der Waals surface area contributed by atoms with Crippen molar-refractivity contribution in [3.05, 3.63) is 103 Å². The van der Waals surface area contributed by atoms with Crippen molar-refractivity contribution in [3.63, 3.8) is 0 Å². The molecule has 0 saturated heterocycles. The molecule has 3 heterocycles. The van der Waals surface area contributed by atoms with E-state index in [1.54, 1.807) is 0 Å². The number of carbonyl (C=O) groups is 2. The number of amides is 2. The lowest BCUT2D eigenvalue weighted by Crippen LogP contribution is -2.46. The molecule has 8 nitrogen and oxygen atoms in total. The van der Waals surface area contributed by atoms with Crippen LogP contribution in [0.25, 0.3) is 11.1 Å². The first-order valence-electron chi connectivity index (χ1n) is 13.9. The van der Waals surface area contributed by atoms with Gasteiger partial charge in [0, 0.05) is 24.0 Å². The fraction of sp³-hybridized carbons (Fsp3) is 0.250. The molecule has 1 atom stereocenters. The lowest BCUT2D eigenvalue weighted by atomic mass is 9.90. The van der Waals surface area contributed by atoms with Crippen LogP contribution in [0.3, 0.4) is 0 Å². The van der Waals surface area contributed by atoms with Gasteiger partial charge in [0.2, 0.25) is 5.91 Å². The first-order valence-corrected chi connectivity index (χ1v) is 13.9. The summed E-state index contributed by atoms with van der Waals surface area (Å²) < 4.78 is 14.2. The van der Waals surface area contributed by atoms with Crippen LogP contribution in [0, 0.1) is 5.82 Å². The maximum absolute atomic E-state index is 14.2. The Labute approximate surface area is 238 Å². The van der Waals surface area contributed by atoms with Gasteiger partial charge in [0.25, 0.3) is 5.91 Å². The van der Waals surface area contributed by atoms with Crippen LogP contribution in [-0.2, 0) is 4.79 Å². The van der Waals surface area contributed by atoms with Crippen LogP contribution in [0.2, 0.25) is 0 Å². The largest absolute Gasteiger partial charge is 0.351 e. The number of amidine groups is 1. The number of fused-ring (bicyclic) bond motifs is 1. The van der Waals surface area contributed by atoms with E-state index in [1.165, 1.54) is 6.07 Å². The molecule has 2 amide bonds. The van der Waals surface area contributed by atoms with E-state index < -0.39 is 11.9 Å². The lowest BCUT2D eigenvalue weighted by Gasteiger charge is -2.30. The van der Waals surface area contributed by atoms with E-state index in [2.05, 4.69) is 25.9 Å². The van der Waals surface area contributed by atoms with Crippen molar-refractivity contribution in [2.45, 2.75) is 43.8 Å². The molecule has 1 aliphatic carbocycles. The van der Waals surface area contributed by atoms with E-state index in [0.717, 1.165) is 41.7 Å². The number of nitrogens with zero attached hydrogens (tertiary/aromatic N) is 3. The van der Waals surface area contributed by atoms with Gasteiger partial charge in [-0.15, -0.1) is 0 Å². The Balaban J connectivity index is 1.05. The number of allylic oxidation sites excluding steroid dienone is 2. The second kappa shape index (κ2) is 11.8. The Morgan fingerprint density at radius 1 is 0.878 bits per heavy atom. The highest BCUT2D eigenvalue weighted by Crippen LogP contribution is 2.26. The topological polar surface area (TPSA) is 98.7 Å². The molecule has 0 radical (unpaired) electrons. The summed E-state index contributed by atoms with van der Waals surface area (Å²) >= 11 is 0. The molecule has 1 unspecified atom stereocenters. The third kappa shape index (κ3) is 6.19. The molecule has 3 aliphatic rings. The number of rotatable bonds is 7. The van der Waals surface area contributed by atoms with Crippen LogP contribution < -0.4 is 16.0 Å². The minimum absolute atomic E-state index is 0.0320. The number of carbonyl (C=O) groups excluding carboxylic acids is 2. The van der Waals surface area contributed by atoms with Gasteiger partial charge in [0.05, 0.1) is 18.3 Å². The van der Waals surface area contributed by atoms with Crippen molar-refractivity contribution in [3.8, 4) is 11.1 Å². The maximum atomic E-state index is 14.2. The van der Waals surface area contributed by atoms with Gasteiger partial charge >= 0.3 is 0 Å².